The molecule has 0 aliphatic heterocycles. The summed E-state index contributed by atoms with van der Waals surface area (Å²) in [4.78, 5) is 24.8. The molecule has 0 aliphatic carbocycles. The maximum atomic E-state index is 14.2. The summed E-state index contributed by atoms with van der Waals surface area (Å²) in [5.41, 5.74) is 2.15. The Balaban J connectivity index is 1.82. The van der Waals surface area contributed by atoms with Crippen LogP contribution in [0.3, 0.4) is 0 Å². The van der Waals surface area contributed by atoms with Crippen molar-refractivity contribution in [1.29, 1.82) is 0 Å². The summed E-state index contributed by atoms with van der Waals surface area (Å²) in [5, 5.41) is 9.79. The second-order valence-electron chi connectivity index (χ2n) is 7.21. The van der Waals surface area contributed by atoms with Crippen LogP contribution in [0.2, 0.25) is 0 Å². The number of amides is 2. The Morgan fingerprint density at radius 3 is 2.27 bits per heavy atom. The molecule has 0 atom stereocenters. The summed E-state index contributed by atoms with van der Waals surface area (Å²) in [6.07, 6.45) is 0. The zero-order valence-electron chi connectivity index (χ0n) is 17.1. The number of carbonyl (C=O) groups excluding carboxylic acids is 2. The van der Waals surface area contributed by atoms with Crippen molar-refractivity contribution in [2.45, 2.75) is 33.7 Å². The van der Waals surface area contributed by atoms with E-state index in [2.05, 4.69) is 15.7 Å². The van der Waals surface area contributed by atoms with Gasteiger partial charge in [0.15, 0.2) is 5.82 Å². The van der Waals surface area contributed by atoms with E-state index in [1.807, 2.05) is 13.8 Å². The van der Waals surface area contributed by atoms with Gasteiger partial charge in [0, 0.05) is 23.4 Å². The molecule has 1 heterocycles. The van der Waals surface area contributed by atoms with Gasteiger partial charge in [-0.05, 0) is 64.1 Å². The van der Waals surface area contributed by atoms with Crippen molar-refractivity contribution >= 4 is 17.5 Å². The zero-order chi connectivity index (χ0) is 22.0. The molecule has 0 saturated carbocycles. The molecule has 0 radical (unpaired) electrons. The van der Waals surface area contributed by atoms with E-state index in [1.165, 1.54) is 10.7 Å². The molecule has 0 aliphatic rings. The van der Waals surface area contributed by atoms with Gasteiger partial charge in [-0.25, -0.2) is 13.5 Å². The Bertz CT molecular complexity index is 1110. The summed E-state index contributed by atoms with van der Waals surface area (Å²) in [7, 11) is 0. The van der Waals surface area contributed by atoms with Gasteiger partial charge in [-0.2, -0.15) is 5.10 Å². The first-order valence-corrected chi connectivity index (χ1v) is 9.41. The van der Waals surface area contributed by atoms with Gasteiger partial charge in [-0.3, -0.25) is 9.59 Å². The number of rotatable bonds is 5. The molecule has 3 rings (SSSR count). The van der Waals surface area contributed by atoms with E-state index in [1.54, 1.807) is 38.1 Å². The van der Waals surface area contributed by atoms with Gasteiger partial charge in [0.1, 0.15) is 11.5 Å². The molecule has 30 heavy (non-hydrogen) atoms. The van der Waals surface area contributed by atoms with Crippen molar-refractivity contribution in [2.75, 3.05) is 5.32 Å². The highest BCUT2D eigenvalue weighted by Crippen LogP contribution is 2.22. The van der Waals surface area contributed by atoms with Gasteiger partial charge in [0.25, 0.3) is 11.8 Å². The van der Waals surface area contributed by atoms with Crippen molar-refractivity contribution < 1.29 is 18.4 Å². The second kappa shape index (κ2) is 8.44. The number of aryl methyl sites for hydroxylation is 1. The molecule has 3 aromatic rings. The Hall–Kier alpha value is -3.55. The Morgan fingerprint density at radius 2 is 1.67 bits per heavy atom. The maximum absolute atomic E-state index is 14.2. The van der Waals surface area contributed by atoms with Crippen LogP contribution in [0.4, 0.5) is 14.5 Å². The van der Waals surface area contributed by atoms with Crippen LogP contribution in [0.5, 0.6) is 0 Å². The molecular weight excluding hydrogens is 390 g/mol. The number of halogens is 2. The van der Waals surface area contributed by atoms with Gasteiger partial charge in [-0.15, -0.1) is 0 Å². The summed E-state index contributed by atoms with van der Waals surface area (Å²) in [5.74, 6) is -2.08. The third-order valence-corrected chi connectivity index (χ3v) is 4.48. The average Bonchev–Trinajstić information content (AvgIpc) is 2.96. The number of benzene rings is 2. The highest BCUT2D eigenvalue weighted by molar-refractivity contribution is 6.06. The van der Waals surface area contributed by atoms with E-state index in [0.717, 1.165) is 12.1 Å². The molecule has 1 aromatic heterocycles. The molecule has 2 N–H and O–H groups in total. The van der Waals surface area contributed by atoms with Crippen molar-refractivity contribution in [2.24, 2.45) is 0 Å². The van der Waals surface area contributed by atoms with Crippen LogP contribution >= 0.6 is 0 Å². The van der Waals surface area contributed by atoms with E-state index in [0.29, 0.717) is 28.2 Å². The fraction of sp³-hybridized carbons (Fsp3) is 0.227. The summed E-state index contributed by atoms with van der Waals surface area (Å²) >= 11 is 0. The molecule has 0 spiro atoms. The molecule has 156 valence electrons. The van der Waals surface area contributed by atoms with Crippen molar-refractivity contribution in [1.82, 2.24) is 15.1 Å². The molecule has 0 unspecified atom stereocenters. The monoisotopic (exact) mass is 412 g/mol. The second-order valence-corrected chi connectivity index (χ2v) is 7.21. The molecule has 2 aromatic carbocycles. The van der Waals surface area contributed by atoms with E-state index < -0.39 is 17.5 Å². The maximum Gasteiger partial charge on any atom is 0.259 e. The molecule has 2 amide bonds. The first-order valence-electron chi connectivity index (χ1n) is 9.41. The lowest BCUT2D eigenvalue weighted by atomic mass is 10.1. The number of anilines is 1. The largest absolute Gasteiger partial charge is 0.350 e. The van der Waals surface area contributed by atoms with Gasteiger partial charge in [0.2, 0.25) is 0 Å². The molecule has 8 heteroatoms. The first kappa shape index (κ1) is 21.2. The number of carbonyl (C=O) groups is 2. The third-order valence-electron chi connectivity index (χ3n) is 4.48. The number of aromatic nitrogens is 2. The van der Waals surface area contributed by atoms with E-state index in [4.69, 9.17) is 0 Å². The van der Waals surface area contributed by atoms with E-state index in [9.17, 15) is 18.4 Å². The van der Waals surface area contributed by atoms with Crippen LogP contribution in [0, 0.1) is 25.5 Å². The molecule has 0 saturated heterocycles. The highest BCUT2D eigenvalue weighted by Gasteiger charge is 2.21. The standard InChI is InChI=1S/C22H22F2N4O2/c1-12(2)25-21(29)15-5-8-17(9-6-15)26-22(30)20-13(3)27-28(14(20)4)19-10-7-16(23)11-18(19)24/h5-12H,1-4H3,(H,25,29)(H,26,30). The van der Waals surface area contributed by atoms with Crippen LogP contribution in [-0.4, -0.2) is 27.6 Å². The zero-order valence-corrected chi connectivity index (χ0v) is 17.1. The topological polar surface area (TPSA) is 76.0 Å². The smallest absolute Gasteiger partial charge is 0.259 e. The minimum atomic E-state index is -0.775. The minimum Gasteiger partial charge on any atom is -0.350 e. The number of hydrogen-bond acceptors (Lipinski definition) is 3. The van der Waals surface area contributed by atoms with Crippen LogP contribution in [-0.2, 0) is 0 Å². The average molecular weight is 412 g/mol. The fourth-order valence-electron chi connectivity index (χ4n) is 3.10. The molecule has 0 bridgehead atoms. The normalized spacial score (nSPS) is 10.9. The van der Waals surface area contributed by atoms with Crippen molar-refractivity contribution in [3.63, 3.8) is 0 Å². The Morgan fingerprint density at radius 1 is 1.00 bits per heavy atom. The molecule has 0 fully saturated rings. The van der Waals surface area contributed by atoms with Crippen LogP contribution in [0.1, 0.15) is 46.0 Å². The summed E-state index contributed by atoms with van der Waals surface area (Å²) < 4.78 is 28.6. The van der Waals surface area contributed by atoms with Crippen molar-refractivity contribution in [3.05, 3.63) is 76.6 Å². The van der Waals surface area contributed by atoms with Crippen LogP contribution in [0.25, 0.3) is 5.69 Å². The van der Waals surface area contributed by atoms with Gasteiger partial charge < -0.3 is 10.6 Å². The van der Waals surface area contributed by atoms with Gasteiger partial charge >= 0.3 is 0 Å². The molecule has 6 nitrogen and oxygen atoms in total. The SMILES string of the molecule is Cc1nn(-c2ccc(F)cc2F)c(C)c1C(=O)Nc1ccc(C(=O)NC(C)C)cc1. The Kier molecular flexibility index (Phi) is 5.96. The first-order chi connectivity index (χ1) is 14.2. The minimum absolute atomic E-state index is 0.0188. The lowest BCUT2D eigenvalue weighted by molar-refractivity contribution is 0.0942. The summed E-state index contributed by atoms with van der Waals surface area (Å²) in [6.45, 7) is 7.01. The number of nitrogens with one attached hydrogen (secondary N) is 2. The molecular formula is C22H22F2N4O2. The summed E-state index contributed by atoms with van der Waals surface area (Å²) in [6, 6.07) is 9.67. The highest BCUT2D eigenvalue weighted by atomic mass is 19.1. The predicted octanol–water partition coefficient (Wildman–Crippen LogP) is 4.16. The number of nitrogens with zero attached hydrogens (tertiary/aromatic N) is 2. The quantitative estimate of drug-likeness (QED) is 0.661. The Labute approximate surface area is 172 Å². The predicted molar refractivity (Wildman–Crippen MR) is 110 cm³/mol. The van der Waals surface area contributed by atoms with E-state index >= 15 is 0 Å². The third kappa shape index (κ3) is 4.37. The number of hydrogen-bond donors (Lipinski definition) is 2. The van der Waals surface area contributed by atoms with Crippen LogP contribution in [0.15, 0.2) is 42.5 Å². The fourth-order valence-corrected chi connectivity index (χ4v) is 3.10. The lowest BCUT2D eigenvalue weighted by Gasteiger charge is -2.10. The van der Waals surface area contributed by atoms with Gasteiger partial charge in [0.05, 0.1) is 17.0 Å². The van der Waals surface area contributed by atoms with Crippen molar-refractivity contribution in [3.8, 4) is 5.69 Å². The lowest BCUT2D eigenvalue weighted by Crippen LogP contribution is -2.30. The van der Waals surface area contributed by atoms with Crippen LogP contribution < -0.4 is 10.6 Å². The van der Waals surface area contributed by atoms with E-state index in [-0.39, 0.29) is 17.6 Å². The van der Waals surface area contributed by atoms with Gasteiger partial charge in [-0.1, -0.05) is 0 Å².